The summed E-state index contributed by atoms with van der Waals surface area (Å²) in [5, 5.41) is 13.5. The zero-order chi connectivity index (χ0) is 23.9. The largest absolute Gasteiger partial charge is 0.273 e. The third-order valence-corrected chi connectivity index (χ3v) is 8.92. The highest BCUT2D eigenvalue weighted by Gasteiger charge is 2.54. The monoisotopic (exact) mass is 597 g/mol. The van der Waals surface area contributed by atoms with Crippen LogP contribution in [0.15, 0.2) is 48.5 Å². The normalized spacial score (nSPS) is 24.5. The SMILES string of the molecule is O=C(c1ccc(Cl)cc1)N(Cc1ccc([N+](=O)[O-])cc1)N1C(=O)[C@H]2C[C@@H](Br)[C@@H](Br)C[C@H]2C1=O. The Hall–Kier alpha value is -2.30. The number of fused-ring (bicyclic) bond motifs is 1. The summed E-state index contributed by atoms with van der Waals surface area (Å²) < 4.78 is 0. The molecule has 2 fully saturated rings. The zero-order valence-electron chi connectivity index (χ0n) is 17.1. The van der Waals surface area contributed by atoms with Gasteiger partial charge in [-0.2, -0.15) is 5.01 Å². The van der Waals surface area contributed by atoms with E-state index in [4.69, 9.17) is 11.6 Å². The van der Waals surface area contributed by atoms with Crippen LogP contribution in [-0.4, -0.2) is 42.3 Å². The number of amides is 3. The molecule has 2 aliphatic rings. The first-order valence-corrected chi connectivity index (χ1v) is 12.3. The van der Waals surface area contributed by atoms with Gasteiger partial charge in [0.2, 0.25) is 0 Å². The van der Waals surface area contributed by atoms with Crippen LogP contribution in [0.2, 0.25) is 5.02 Å². The summed E-state index contributed by atoms with van der Waals surface area (Å²) in [7, 11) is 0. The molecule has 11 heteroatoms. The third kappa shape index (κ3) is 4.69. The fourth-order valence-corrected chi connectivity index (χ4v) is 5.55. The van der Waals surface area contributed by atoms with Crippen molar-refractivity contribution in [3.8, 4) is 0 Å². The predicted molar refractivity (Wildman–Crippen MR) is 128 cm³/mol. The third-order valence-electron chi connectivity index (χ3n) is 5.93. The van der Waals surface area contributed by atoms with Gasteiger partial charge >= 0.3 is 0 Å². The van der Waals surface area contributed by atoms with E-state index in [2.05, 4.69) is 31.9 Å². The molecule has 0 bridgehead atoms. The quantitative estimate of drug-likeness (QED) is 0.214. The molecule has 33 heavy (non-hydrogen) atoms. The summed E-state index contributed by atoms with van der Waals surface area (Å²) in [6.45, 7) is -0.105. The Balaban J connectivity index is 1.69. The first-order valence-electron chi connectivity index (χ1n) is 10.1. The number of non-ortho nitro benzene ring substituents is 1. The molecule has 1 aliphatic heterocycles. The number of benzene rings is 2. The van der Waals surface area contributed by atoms with E-state index in [0.717, 1.165) is 10.0 Å². The molecule has 4 atom stereocenters. The van der Waals surface area contributed by atoms with Gasteiger partial charge in [0, 0.05) is 32.4 Å². The predicted octanol–water partition coefficient (Wildman–Crippen LogP) is 4.73. The Labute approximate surface area is 211 Å². The molecule has 1 saturated carbocycles. The van der Waals surface area contributed by atoms with Gasteiger partial charge in [-0.3, -0.25) is 24.5 Å². The summed E-state index contributed by atoms with van der Waals surface area (Å²) in [6, 6.07) is 11.8. The number of imide groups is 1. The van der Waals surface area contributed by atoms with Crippen LogP contribution >= 0.6 is 43.5 Å². The summed E-state index contributed by atoms with van der Waals surface area (Å²) in [5.41, 5.74) is 0.698. The van der Waals surface area contributed by atoms with E-state index in [1.807, 2.05) is 0 Å². The van der Waals surface area contributed by atoms with Crippen molar-refractivity contribution >= 4 is 66.9 Å². The minimum atomic E-state index is -0.545. The van der Waals surface area contributed by atoms with Crippen molar-refractivity contribution < 1.29 is 19.3 Å². The molecule has 8 nitrogen and oxygen atoms in total. The molecule has 4 rings (SSSR count). The number of hydrogen-bond acceptors (Lipinski definition) is 5. The lowest BCUT2D eigenvalue weighted by Crippen LogP contribution is -2.49. The van der Waals surface area contributed by atoms with E-state index in [1.54, 1.807) is 12.1 Å². The molecule has 2 aromatic rings. The van der Waals surface area contributed by atoms with Crippen LogP contribution < -0.4 is 0 Å². The smallest absolute Gasteiger partial charge is 0.272 e. The van der Waals surface area contributed by atoms with Crippen molar-refractivity contribution in [3.05, 3.63) is 74.8 Å². The number of halogens is 3. The fourth-order valence-electron chi connectivity index (χ4n) is 4.19. The molecule has 0 radical (unpaired) electrons. The highest BCUT2D eigenvalue weighted by Crippen LogP contribution is 2.44. The van der Waals surface area contributed by atoms with Crippen molar-refractivity contribution in [2.24, 2.45) is 11.8 Å². The molecular weight excluding hydrogens is 582 g/mol. The summed E-state index contributed by atoms with van der Waals surface area (Å²) >= 11 is 13.1. The maximum Gasteiger partial charge on any atom is 0.273 e. The minimum absolute atomic E-state index is 0.0329. The van der Waals surface area contributed by atoms with Gasteiger partial charge in [0.05, 0.1) is 23.3 Å². The van der Waals surface area contributed by atoms with Gasteiger partial charge in [-0.1, -0.05) is 55.6 Å². The number of nitrogens with zero attached hydrogens (tertiary/aromatic N) is 3. The second kappa shape index (κ2) is 9.52. The van der Waals surface area contributed by atoms with Gasteiger partial charge in [0.25, 0.3) is 23.4 Å². The van der Waals surface area contributed by atoms with Crippen molar-refractivity contribution in [2.75, 3.05) is 0 Å². The van der Waals surface area contributed by atoms with Gasteiger partial charge in [-0.25, -0.2) is 5.01 Å². The number of nitro benzene ring substituents is 1. The number of rotatable bonds is 5. The van der Waals surface area contributed by atoms with Crippen LogP contribution in [0.5, 0.6) is 0 Å². The molecule has 172 valence electrons. The van der Waals surface area contributed by atoms with Crippen molar-refractivity contribution in [2.45, 2.75) is 29.0 Å². The average Bonchev–Trinajstić information content (AvgIpc) is 3.02. The van der Waals surface area contributed by atoms with Crippen LogP contribution in [0.4, 0.5) is 5.69 Å². The van der Waals surface area contributed by atoms with Crippen LogP contribution in [0, 0.1) is 22.0 Å². The lowest BCUT2D eigenvalue weighted by molar-refractivity contribution is -0.384. The maximum absolute atomic E-state index is 13.5. The van der Waals surface area contributed by atoms with Gasteiger partial charge < -0.3 is 0 Å². The average molecular weight is 600 g/mol. The maximum atomic E-state index is 13.5. The molecule has 0 N–H and O–H groups in total. The summed E-state index contributed by atoms with van der Waals surface area (Å²) in [6.07, 6.45) is 0.949. The Morgan fingerprint density at radius 1 is 1.00 bits per heavy atom. The minimum Gasteiger partial charge on any atom is -0.272 e. The van der Waals surface area contributed by atoms with Crippen LogP contribution in [0.3, 0.4) is 0 Å². The first kappa shape index (κ1) is 23.8. The Morgan fingerprint density at radius 2 is 1.52 bits per heavy atom. The Bertz CT molecular complexity index is 1080. The number of nitro groups is 1. The van der Waals surface area contributed by atoms with E-state index in [1.165, 1.54) is 36.4 Å². The number of hydrazine groups is 1. The van der Waals surface area contributed by atoms with Crippen LogP contribution in [0.25, 0.3) is 0 Å². The zero-order valence-corrected chi connectivity index (χ0v) is 21.0. The molecule has 2 aromatic carbocycles. The Kier molecular flexibility index (Phi) is 6.88. The molecule has 3 amide bonds. The molecule has 1 heterocycles. The molecule has 0 unspecified atom stereocenters. The van der Waals surface area contributed by atoms with Crippen LogP contribution in [0.1, 0.15) is 28.8 Å². The summed E-state index contributed by atoms with van der Waals surface area (Å²) in [4.78, 5) is 50.6. The van der Waals surface area contributed by atoms with E-state index in [-0.39, 0.29) is 27.4 Å². The lowest BCUT2D eigenvalue weighted by atomic mass is 9.81. The topological polar surface area (TPSA) is 101 Å². The highest BCUT2D eigenvalue weighted by atomic mass is 79.9. The fraction of sp³-hybridized carbons (Fsp3) is 0.318. The standard InChI is InChI=1S/C22H18Br2ClN3O5/c23-18-9-16-17(10-19(18)24)22(31)27(21(16)30)26(20(29)13-3-5-14(25)6-4-13)11-12-1-7-15(8-2-12)28(32)33/h1-8,16-19H,9-11H2/t16-,17+,18+,19-. The molecule has 1 aliphatic carbocycles. The lowest BCUT2D eigenvalue weighted by Gasteiger charge is -2.30. The van der Waals surface area contributed by atoms with Gasteiger partial charge in [0.1, 0.15) is 0 Å². The van der Waals surface area contributed by atoms with Crippen molar-refractivity contribution in [1.82, 2.24) is 10.0 Å². The van der Waals surface area contributed by atoms with E-state index < -0.39 is 34.5 Å². The van der Waals surface area contributed by atoms with Crippen molar-refractivity contribution in [1.29, 1.82) is 0 Å². The molecule has 0 aromatic heterocycles. The van der Waals surface area contributed by atoms with E-state index in [0.29, 0.717) is 23.4 Å². The number of alkyl halides is 2. The number of hydrogen-bond donors (Lipinski definition) is 0. The molecule has 1 saturated heterocycles. The molecule has 0 spiro atoms. The van der Waals surface area contributed by atoms with E-state index in [9.17, 15) is 24.5 Å². The summed E-state index contributed by atoms with van der Waals surface area (Å²) in [5.74, 6) is -2.42. The molecular formula is C22H18Br2ClN3O5. The number of carbonyl (C=O) groups excluding carboxylic acids is 3. The van der Waals surface area contributed by atoms with E-state index >= 15 is 0 Å². The van der Waals surface area contributed by atoms with Gasteiger partial charge in [-0.05, 0) is 42.7 Å². The van der Waals surface area contributed by atoms with Gasteiger partial charge in [-0.15, -0.1) is 0 Å². The van der Waals surface area contributed by atoms with Gasteiger partial charge in [0.15, 0.2) is 0 Å². The Morgan fingerprint density at radius 3 is 2.00 bits per heavy atom. The highest BCUT2D eigenvalue weighted by molar-refractivity contribution is 9.12. The number of carbonyl (C=O) groups is 3. The second-order valence-corrected chi connectivity index (χ2v) is 10.8. The second-order valence-electron chi connectivity index (χ2n) is 8.00. The van der Waals surface area contributed by atoms with Crippen LogP contribution in [-0.2, 0) is 16.1 Å². The first-order chi connectivity index (χ1) is 15.7. The van der Waals surface area contributed by atoms with Crippen molar-refractivity contribution in [3.63, 3.8) is 0 Å².